The zero-order valence-electron chi connectivity index (χ0n) is 16.6. The van der Waals surface area contributed by atoms with Crippen molar-refractivity contribution in [3.63, 3.8) is 0 Å². The Morgan fingerprint density at radius 1 is 1.07 bits per heavy atom. The zero-order valence-corrected chi connectivity index (χ0v) is 16.6. The predicted octanol–water partition coefficient (Wildman–Crippen LogP) is 2.27. The number of nitrogens with one attached hydrogen (secondary N) is 1. The van der Waals surface area contributed by atoms with Gasteiger partial charge in [-0.15, -0.1) is 0 Å². The van der Waals surface area contributed by atoms with Crippen molar-refractivity contribution in [2.24, 2.45) is 5.10 Å². The van der Waals surface area contributed by atoms with Crippen LogP contribution in [0.25, 0.3) is 0 Å². The van der Waals surface area contributed by atoms with Gasteiger partial charge in [0.15, 0.2) is 0 Å². The van der Waals surface area contributed by atoms with Crippen LogP contribution in [0.3, 0.4) is 0 Å². The number of piperazine rings is 1. The quantitative estimate of drug-likeness (QED) is 0.591. The smallest absolute Gasteiger partial charge is 0.254 e. The summed E-state index contributed by atoms with van der Waals surface area (Å²) >= 11 is 0. The largest absolute Gasteiger partial charge is 0.496 e. The summed E-state index contributed by atoms with van der Waals surface area (Å²) in [5, 5.41) is 4.05. The van der Waals surface area contributed by atoms with Crippen molar-refractivity contribution < 1.29 is 9.53 Å². The first-order valence-corrected chi connectivity index (χ1v) is 9.59. The molecule has 6 heteroatoms. The van der Waals surface area contributed by atoms with Crippen molar-refractivity contribution in [1.29, 1.82) is 0 Å². The van der Waals surface area contributed by atoms with Gasteiger partial charge >= 0.3 is 0 Å². The van der Waals surface area contributed by atoms with E-state index >= 15 is 0 Å². The summed E-state index contributed by atoms with van der Waals surface area (Å²) in [6.07, 6.45) is 1.61. The Hall–Kier alpha value is -2.70. The molecule has 0 aromatic heterocycles. The normalized spacial score (nSPS) is 15.6. The molecule has 0 bridgehead atoms. The van der Waals surface area contributed by atoms with Crippen molar-refractivity contribution in [3.8, 4) is 5.75 Å². The first-order chi connectivity index (χ1) is 13.6. The topological polar surface area (TPSA) is 57.2 Å². The number of aryl methyl sites for hydroxylation is 1. The second-order valence-corrected chi connectivity index (χ2v) is 7.07. The van der Waals surface area contributed by atoms with Gasteiger partial charge in [-0.2, -0.15) is 5.10 Å². The molecule has 0 aliphatic carbocycles. The monoisotopic (exact) mass is 380 g/mol. The van der Waals surface area contributed by atoms with Gasteiger partial charge in [-0.1, -0.05) is 42.0 Å². The van der Waals surface area contributed by atoms with Gasteiger partial charge in [-0.3, -0.25) is 14.6 Å². The summed E-state index contributed by atoms with van der Waals surface area (Å²) in [6, 6.07) is 16.2. The fourth-order valence-electron chi connectivity index (χ4n) is 3.24. The SMILES string of the molecule is COc1ccccc1/C=N\NC(=O)CN1CCN(Cc2ccc(C)cc2)CC1. The Morgan fingerprint density at radius 3 is 2.46 bits per heavy atom. The fraction of sp³-hybridized carbons (Fsp3) is 0.364. The molecule has 0 spiro atoms. The van der Waals surface area contributed by atoms with E-state index in [1.807, 2.05) is 24.3 Å². The molecule has 28 heavy (non-hydrogen) atoms. The van der Waals surface area contributed by atoms with E-state index in [0.717, 1.165) is 44.0 Å². The van der Waals surface area contributed by atoms with Gasteiger partial charge in [0.25, 0.3) is 5.91 Å². The molecule has 1 aliphatic heterocycles. The van der Waals surface area contributed by atoms with Crippen LogP contribution in [0.15, 0.2) is 53.6 Å². The Morgan fingerprint density at radius 2 is 1.75 bits per heavy atom. The molecule has 3 rings (SSSR count). The molecule has 0 saturated carbocycles. The molecular weight excluding hydrogens is 352 g/mol. The van der Waals surface area contributed by atoms with Gasteiger partial charge in [0, 0.05) is 38.3 Å². The molecule has 1 heterocycles. The van der Waals surface area contributed by atoms with Gasteiger partial charge in [0.1, 0.15) is 5.75 Å². The fourth-order valence-corrected chi connectivity index (χ4v) is 3.24. The standard InChI is InChI=1S/C22H28N4O2/c1-18-7-9-19(10-8-18)16-25-11-13-26(14-12-25)17-22(27)24-23-15-20-5-3-4-6-21(20)28-2/h3-10,15H,11-14,16-17H2,1-2H3,(H,24,27)/b23-15-. The third kappa shape index (κ3) is 5.90. The molecule has 1 aliphatic rings. The number of nitrogens with zero attached hydrogens (tertiary/aromatic N) is 3. The lowest BCUT2D eigenvalue weighted by Gasteiger charge is -2.34. The second-order valence-electron chi connectivity index (χ2n) is 7.07. The van der Waals surface area contributed by atoms with E-state index in [1.165, 1.54) is 11.1 Å². The molecule has 1 N–H and O–H groups in total. The number of para-hydroxylation sites is 1. The first kappa shape index (κ1) is 20.0. The number of carbonyl (C=O) groups excluding carboxylic acids is 1. The number of rotatable bonds is 7. The molecular formula is C22H28N4O2. The Labute approximate surface area is 166 Å². The van der Waals surface area contributed by atoms with Gasteiger partial charge < -0.3 is 4.74 Å². The van der Waals surface area contributed by atoms with Crippen molar-refractivity contribution in [1.82, 2.24) is 15.2 Å². The molecule has 6 nitrogen and oxygen atoms in total. The molecule has 2 aromatic carbocycles. The summed E-state index contributed by atoms with van der Waals surface area (Å²) in [5.74, 6) is 0.628. The van der Waals surface area contributed by atoms with Crippen LogP contribution in [-0.4, -0.2) is 61.8 Å². The molecule has 1 amide bonds. The van der Waals surface area contributed by atoms with Crippen molar-refractivity contribution in [3.05, 3.63) is 65.2 Å². The molecule has 1 saturated heterocycles. The van der Waals surface area contributed by atoms with Crippen LogP contribution in [0.5, 0.6) is 5.75 Å². The van der Waals surface area contributed by atoms with Crippen LogP contribution < -0.4 is 10.2 Å². The van der Waals surface area contributed by atoms with E-state index in [4.69, 9.17) is 4.74 Å². The Bertz CT molecular complexity index is 796. The number of methoxy groups -OCH3 is 1. The van der Waals surface area contributed by atoms with Crippen molar-refractivity contribution in [2.45, 2.75) is 13.5 Å². The van der Waals surface area contributed by atoms with Crippen LogP contribution >= 0.6 is 0 Å². The molecule has 0 radical (unpaired) electrons. The van der Waals surface area contributed by atoms with E-state index in [0.29, 0.717) is 6.54 Å². The lowest BCUT2D eigenvalue weighted by atomic mass is 10.1. The third-order valence-corrected chi connectivity index (χ3v) is 4.89. The molecule has 0 unspecified atom stereocenters. The summed E-state index contributed by atoms with van der Waals surface area (Å²) < 4.78 is 5.27. The number of amides is 1. The maximum atomic E-state index is 12.1. The van der Waals surface area contributed by atoms with Crippen LogP contribution in [0.4, 0.5) is 0 Å². The summed E-state index contributed by atoms with van der Waals surface area (Å²) in [6.45, 7) is 7.13. The molecule has 1 fully saturated rings. The second kappa shape index (κ2) is 10.0. The highest BCUT2D eigenvalue weighted by molar-refractivity contribution is 5.85. The Kier molecular flexibility index (Phi) is 7.17. The lowest BCUT2D eigenvalue weighted by molar-refractivity contribution is -0.122. The van der Waals surface area contributed by atoms with Crippen LogP contribution in [0.1, 0.15) is 16.7 Å². The van der Waals surface area contributed by atoms with Gasteiger partial charge in [0.05, 0.1) is 19.9 Å². The number of ether oxygens (including phenoxy) is 1. The lowest BCUT2D eigenvalue weighted by Crippen LogP contribution is -2.48. The van der Waals surface area contributed by atoms with E-state index < -0.39 is 0 Å². The molecule has 148 valence electrons. The summed E-state index contributed by atoms with van der Waals surface area (Å²) in [7, 11) is 1.61. The number of carbonyl (C=O) groups is 1. The van der Waals surface area contributed by atoms with Crippen molar-refractivity contribution >= 4 is 12.1 Å². The highest BCUT2D eigenvalue weighted by atomic mass is 16.5. The maximum Gasteiger partial charge on any atom is 0.254 e. The van der Waals surface area contributed by atoms with E-state index in [-0.39, 0.29) is 5.91 Å². The maximum absolute atomic E-state index is 12.1. The summed E-state index contributed by atoms with van der Waals surface area (Å²) in [4.78, 5) is 16.7. The average Bonchev–Trinajstić information content (AvgIpc) is 2.71. The predicted molar refractivity (Wildman–Crippen MR) is 112 cm³/mol. The van der Waals surface area contributed by atoms with Gasteiger partial charge in [-0.25, -0.2) is 5.43 Å². The van der Waals surface area contributed by atoms with Crippen LogP contribution in [-0.2, 0) is 11.3 Å². The minimum Gasteiger partial charge on any atom is -0.496 e. The number of hydrogen-bond donors (Lipinski definition) is 1. The Balaban J connectivity index is 1.40. The minimum atomic E-state index is -0.0990. The number of benzene rings is 2. The first-order valence-electron chi connectivity index (χ1n) is 9.59. The van der Waals surface area contributed by atoms with E-state index in [1.54, 1.807) is 13.3 Å². The number of hydrogen-bond acceptors (Lipinski definition) is 5. The molecule has 0 atom stereocenters. The highest BCUT2D eigenvalue weighted by Gasteiger charge is 2.18. The van der Waals surface area contributed by atoms with Crippen LogP contribution in [0.2, 0.25) is 0 Å². The van der Waals surface area contributed by atoms with Crippen LogP contribution in [0, 0.1) is 6.92 Å². The minimum absolute atomic E-state index is 0.0990. The molecule has 2 aromatic rings. The van der Waals surface area contributed by atoms with Crippen molar-refractivity contribution in [2.75, 3.05) is 39.8 Å². The summed E-state index contributed by atoms with van der Waals surface area (Å²) in [5.41, 5.74) is 6.06. The van der Waals surface area contributed by atoms with Gasteiger partial charge in [-0.05, 0) is 24.6 Å². The zero-order chi connectivity index (χ0) is 19.8. The van der Waals surface area contributed by atoms with E-state index in [2.05, 4.69) is 51.5 Å². The highest BCUT2D eigenvalue weighted by Crippen LogP contribution is 2.14. The average molecular weight is 380 g/mol. The number of hydrazone groups is 1. The van der Waals surface area contributed by atoms with E-state index in [9.17, 15) is 4.79 Å². The third-order valence-electron chi connectivity index (χ3n) is 4.89. The van der Waals surface area contributed by atoms with Gasteiger partial charge in [0.2, 0.25) is 0 Å².